The number of carbonyl (C=O) groups is 1. The SMILES string of the molecule is COc1ccc(C[NH+]2CC[NH+](CC(=O)N[C@H]3CCCC[C@H]3C)CC2)cc1. The fourth-order valence-corrected chi connectivity index (χ4v) is 4.36. The Kier molecular flexibility index (Phi) is 6.92. The molecule has 0 bridgehead atoms. The summed E-state index contributed by atoms with van der Waals surface area (Å²) in [6.07, 6.45) is 4.99. The van der Waals surface area contributed by atoms with Gasteiger partial charge in [-0.2, -0.15) is 0 Å². The molecule has 3 N–H and O–H groups in total. The van der Waals surface area contributed by atoms with Gasteiger partial charge in [0.2, 0.25) is 0 Å². The van der Waals surface area contributed by atoms with Gasteiger partial charge in [0.25, 0.3) is 5.91 Å². The molecule has 1 saturated carbocycles. The van der Waals surface area contributed by atoms with Crippen LogP contribution in [0.15, 0.2) is 24.3 Å². The monoisotopic (exact) mass is 361 g/mol. The number of amides is 1. The van der Waals surface area contributed by atoms with Crippen LogP contribution in [-0.4, -0.2) is 51.8 Å². The molecule has 0 aromatic heterocycles. The highest BCUT2D eigenvalue weighted by molar-refractivity contribution is 5.77. The van der Waals surface area contributed by atoms with Crippen LogP contribution in [0.25, 0.3) is 0 Å². The minimum Gasteiger partial charge on any atom is -0.497 e. The van der Waals surface area contributed by atoms with Gasteiger partial charge in [0, 0.05) is 11.6 Å². The smallest absolute Gasteiger partial charge is 0.275 e. The molecule has 3 rings (SSSR count). The number of rotatable bonds is 6. The Labute approximate surface area is 157 Å². The highest BCUT2D eigenvalue weighted by atomic mass is 16.5. The van der Waals surface area contributed by atoms with Gasteiger partial charge in [-0.15, -0.1) is 0 Å². The van der Waals surface area contributed by atoms with Crippen molar-refractivity contribution in [3.05, 3.63) is 29.8 Å². The third kappa shape index (κ3) is 5.45. The molecule has 1 saturated heterocycles. The molecule has 2 atom stereocenters. The van der Waals surface area contributed by atoms with E-state index in [1.807, 2.05) is 12.1 Å². The predicted octanol–water partition coefficient (Wildman–Crippen LogP) is -0.326. The maximum Gasteiger partial charge on any atom is 0.275 e. The largest absolute Gasteiger partial charge is 0.497 e. The van der Waals surface area contributed by atoms with E-state index in [1.165, 1.54) is 29.7 Å². The lowest BCUT2D eigenvalue weighted by atomic mass is 9.86. The first-order valence-electron chi connectivity index (χ1n) is 10.2. The topological polar surface area (TPSA) is 47.2 Å². The highest BCUT2D eigenvalue weighted by Crippen LogP contribution is 2.23. The van der Waals surface area contributed by atoms with Gasteiger partial charge in [-0.1, -0.05) is 19.8 Å². The van der Waals surface area contributed by atoms with E-state index in [4.69, 9.17) is 4.74 Å². The van der Waals surface area contributed by atoms with Crippen molar-refractivity contribution in [2.45, 2.75) is 45.2 Å². The maximum atomic E-state index is 12.4. The number of hydrogen-bond donors (Lipinski definition) is 3. The Morgan fingerprint density at radius 2 is 1.73 bits per heavy atom. The number of benzene rings is 1. The van der Waals surface area contributed by atoms with Crippen LogP contribution in [0.4, 0.5) is 0 Å². The molecule has 1 aliphatic heterocycles. The fourth-order valence-electron chi connectivity index (χ4n) is 4.36. The minimum absolute atomic E-state index is 0.248. The summed E-state index contributed by atoms with van der Waals surface area (Å²) in [7, 11) is 1.70. The number of methoxy groups -OCH3 is 1. The van der Waals surface area contributed by atoms with Gasteiger partial charge in [-0.3, -0.25) is 4.79 Å². The molecule has 1 aromatic rings. The molecule has 1 amide bonds. The van der Waals surface area contributed by atoms with Crippen LogP contribution in [0.1, 0.15) is 38.2 Å². The first-order valence-corrected chi connectivity index (χ1v) is 10.2. The molecular formula is C21H35N3O2+2. The van der Waals surface area contributed by atoms with E-state index >= 15 is 0 Å². The Balaban J connectivity index is 1.38. The Bertz CT molecular complexity index is 567. The number of carbonyl (C=O) groups excluding carboxylic acids is 1. The Morgan fingerprint density at radius 3 is 2.38 bits per heavy atom. The van der Waals surface area contributed by atoms with Gasteiger partial charge in [0.1, 0.15) is 38.5 Å². The van der Waals surface area contributed by atoms with Crippen molar-refractivity contribution in [2.75, 3.05) is 39.8 Å². The summed E-state index contributed by atoms with van der Waals surface area (Å²) in [5.41, 5.74) is 1.35. The molecule has 5 heteroatoms. The Morgan fingerprint density at radius 1 is 1.08 bits per heavy atom. The zero-order valence-corrected chi connectivity index (χ0v) is 16.4. The third-order valence-corrected chi connectivity index (χ3v) is 6.15. The second-order valence-electron chi connectivity index (χ2n) is 8.14. The Hall–Kier alpha value is -1.59. The van der Waals surface area contributed by atoms with Crippen LogP contribution in [-0.2, 0) is 11.3 Å². The summed E-state index contributed by atoms with van der Waals surface area (Å²) < 4.78 is 5.22. The van der Waals surface area contributed by atoms with Gasteiger partial charge in [-0.05, 0) is 43.0 Å². The number of hydrogen-bond acceptors (Lipinski definition) is 2. The van der Waals surface area contributed by atoms with Crippen LogP contribution in [0.5, 0.6) is 5.75 Å². The average molecular weight is 362 g/mol. The van der Waals surface area contributed by atoms with Crippen LogP contribution < -0.4 is 19.9 Å². The lowest BCUT2D eigenvalue weighted by molar-refractivity contribution is -1.02. The van der Waals surface area contributed by atoms with Gasteiger partial charge in [0.05, 0.1) is 7.11 Å². The zero-order valence-electron chi connectivity index (χ0n) is 16.4. The normalized spacial score (nSPS) is 29.2. The fraction of sp³-hybridized carbons (Fsp3) is 0.667. The molecule has 1 aromatic carbocycles. The lowest BCUT2D eigenvalue weighted by Crippen LogP contribution is -3.28. The minimum atomic E-state index is 0.248. The van der Waals surface area contributed by atoms with E-state index in [9.17, 15) is 4.79 Å². The van der Waals surface area contributed by atoms with Crippen LogP contribution in [0.2, 0.25) is 0 Å². The van der Waals surface area contributed by atoms with Crippen molar-refractivity contribution in [1.82, 2.24) is 5.32 Å². The molecule has 5 nitrogen and oxygen atoms in total. The molecule has 2 aliphatic rings. The first kappa shape index (κ1) is 19.2. The first-order chi connectivity index (χ1) is 12.6. The maximum absolute atomic E-state index is 12.4. The summed E-state index contributed by atoms with van der Waals surface area (Å²) >= 11 is 0. The summed E-state index contributed by atoms with van der Waals surface area (Å²) in [6.45, 7) is 8.40. The molecule has 0 unspecified atom stereocenters. The number of nitrogens with one attached hydrogen (secondary N) is 3. The molecule has 26 heavy (non-hydrogen) atoms. The summed E-state index contributed by atoms with van der Waals surface area (Å²) in [4.78, 5) is 15.5. The summed E-state index contributed by atoms with van der Waals surface area (Å²) in [6, 6.07) is 8.78. The highest BCUT2D eigenvalue weighted by Gasteiger charge is 2.27. The third-order valence-electron chi connectivity index (χ3n) is 6.15. The summed E-state index contributed by atoms with van der Waals surface area (Å²) in [5.74, 6) is 1.79. The summed E-state index contributed by atoms with van der Waals surface area (Å²) in [5, 5.41) is 3.30. The van der Waals surface area contributed by atoms with Gasteiger partial charge < -0.3 is 19.9 Å². The number of ether oxygens (including phenoxy) is 1. The van der Waals surface area contributed by atoms with Crippen molar-refractivity contribution in [1.29, 1.82) is 0 Å². The van der Waals surface area contributed by atoms with Gasteiger partial charge >= 0.3 is 0 Å². The molecule has 2 fully saturated rings. The quantitative estimate of drug-likeness (QED) is 0.650. The van der Waals surface area contributed by atoms with E-state index in [0.29, 0.717) is 18.5 Å². The predicted molar refractivity (Wildman–Crippen MR) is 103 cm³/mol. The van der Waals surface area contributed by atoms with Gasteiger partial charge in [-0.25, -0.2) is 0 Å². The molecule has 0 spiro atoms. The van der Waals surface area contributed by atoms with E-state index in [2.05, 4.69) is 24.4 Å². The van der Waals surface area contributed by atoms with Crippen molar-refractivity contribution in [3.63, 3.8) is 0 Å². The number of quaternary nitrogens is 2. The van der Waals surface area contributed by atoms with Crippen LogP contribution >= 0.6 is 0 Å². The molecule has 0 radical (unpaired) electrons. The second kappa shape index (κ2) is 9.38. The van der Waals surface area contributed by atoms with Crippen molar-refractivity contribution in [2.24, 2.45) is 5.92 Å². The van der Waals surface area contributed by atoms with Crippen molar-refractivity contribution < 1.29 is 19.3 Å². The molecule has 1 aliphatic carbocycles. The van der Waals surface area contributed by atoms with Crippen molar-refractivity contribution >= 4 is 5.91 Å². The zero-order chi connectivity index (χ0) is 18.4. The molecular weight excluding hydrogens is 326 g/mol. The van der Waals surface area contributed by atoms with E-state index in [1.54, 1.807) is 12.0 Å². The number of piperazine rings is 1. The molecule has 144 valence electrons. The molecule has 1 heterocycles. The average Bonchev–Trinajstić information content (AvgIpc) is 2.66. The van der Waals surface area contributed by atoms with E-state index in [-0.39, 0.29) is 5.91 Å². The second-order valence-corrected chi connectivity index (χ2v) is 8.14. The standard InChI is InChI=1S/C21H33N3O2/c1-17-5-3-4-6-20(17)22-21(25)16-24-13-11-23(12-14-24)15-18-7-9-19(26-2)10-8-18/h7-10,17,20H,3-6,11-16H2,1-2H3,(H,22,25)/p+2/t17-,20+/m1/s1. The van der Waals surface area contributed by atoms with Crippen molar-refractivity contribution in [3.8, 4) is 5.75 Å². The van der Waals surface area contributed by atoms with E-state index < -0.39 is 0 Å². The van der Waals surface area contributed by atoms with E-state index in [0.717, 1.165) is 44.9 Å². The van der Waals surface area contributed by atoms with Gasteiger partial charge in [0.15, 0.2) is 6.54 Å². The van der Waals surface area contributed by atoms with Crippen LogP contribution in [0.3, 0.4) is 0 Å². The lowest BCUT2D eigenvalue weighted by Gasteiger charge is -2.32. The van der Waals surface area contributed by atoms with Crippen LogP contribution in [0, 0.1) is 5.92 Å².